The zero-order valence-corrected chi connectivity index (χ0v) is 16.8. The summed E-state index contributed by atoms with van der Waals surface area (Å²) in [6.45, 7) is 6.69. The first-order chi connectivity index (χ1) is 12.7. The Morgan fingerprint density at radius 1 is 1.12 bits per heavy atom. The second kappa shape index (κ2) is 9.14. The fourth-order valence-electron chi connectivity index (χ4n) is 3.01. The summed E-state index contributed by atoms with van der Waals surface area (Å²) in [5.74, 6) is 1.52. The van der Waals surface area contributed by atoms with Gasteiger partial charge in [0.15, 0.2) is 11.5 Å². The van der Waals surface area contributed by atoms with Crippen LogP contribution in [0.15, 0.2) is 40.9 Å². The Morgan fingerprint density at radius 2 is 1.85 bits per heavy atom. The largest absolute Gasteiger partial charge is 0.493 e. The maximum atomic E-state index is 5.81. The van der Waals surface area contributed by atoms with E-state index in [-0.39, 0.29) is 0 Å². The summed E-state index contributed by atoms with van der Waals surface area (Å²) in [5.41, 5.74) is 3.35. The van der Waals surface area contributed by atoms with Crippen LogP contribution in [-0.2, 0) is 11.3 Å². The first-order valence-electron chi connectivity index (χ1n) is 8.87. The van der Waals surface area contributed by atoms with Crippen molar-refractivity contribution in [2.75, 3.05) is 50.2 Å². The molecule has 5 nitrogen and oxygen atoms in total. The van der Waals surface area contributed by atoms with Gasteiger partial charge in [-0.05, 0) is 43.3 Å². The van der Waals surface area contributed by atoms with Crippen molar-refractivity contribution in [1.82, 2.24) is 0 Å². The van der Waals surface area contributed by atoms with Crippen LogP contribution in [0.25, 0.3) is 0 Å². The summed E-state index contributed by atoms with van der Waals surface area (Å²) in [4.78, 5) is 2.35. The highest BCUT2D eigenvalue weighted by Crippen LogP contribution is 2.36. The smallest absolute Gasteiger partial charge is 0.167 e. The predicted octanol–water partition coefficient (Wildman–Crippen LogP) is 4.31. The van der Waals surface area contributed by atoms with Gasteiger partial charge in [-0.2, -0.15) is 0 Å². The summed E-state index contributed by atoms with van der Waals surface area (Å²) in [6.07, 6.45) is 0. The van der Waals surface area contributed by atoms with Crippen molar-refractivity contribution in [3.8, 4) is 11.5 Å². The number of morpholine rings is 1. The molecular weight excluding hydrogens is 396 g/mol. The van der Waals surface area contributed by atoms with E-state index in [0.717, 1.165) is 53.5 Å². The van der Waals surface area contributed by atoms with E-state index in [1.165, 1.54) is 5.69 Å². The fourth-order valence-corrected chi connectivity index (χ4v) is 3.46. The van der Waals surface area contributed by atoms with Gasteiger partial charge in [-0.1, -0.05) is 15.9 Å². The van der Waals surface area contributed by atoms with Gasteiger partial charge in [0.25, 0.3) is 0 Å². The minimum Gasteiger partial charge on any atom is -0.493 e. The lowest BCUT2D eigenvalue weighted by molar-refractivity contribution is 0.122. The number of nitrogens with zero attached hydrogens (tertiary/aromatic N) is 1. The van der Waals surface area contributed by atoms with E-state index >= 15 is 0 Å². The van der Waals surface area contributed by atoms with E-state index in [9.17, 15) is 0 Å². The van der Waals surface area contributed by atoms with Crippen LogP contribution in [0.1, 0.15) is 12.5 Å². The second-order valence-electron chi connectivity index (χ2n) is 5.99. The average Bonchev–Trinajstić information content (AvgIpc) is 2.69. The highest BCUT2D eigenvalue weighted by atomic mass is 79.9. The Kier molecular flexibility index (Phi) is 6.63. The van der Waals surface area contributed by atoms with E-state index in [1.54, 1.807) is 7.11 Å². The summed E-state index contributed by atoms with van der Waals surface area (Å²) in [5, 5.41) is 3.47. The van der Waals surface area contributed by atoms with Gasteiger partial charge < -0.3 is 24.4 Å². The molecule has 1 fully saturated rings. The van der Waals surface area contributed by atoms with E-state index in [1.807, 2.05) is 19.1 Å². The maximum absolute atomic E-state index is 5.81. The van der Waals surface area contributed by atoms with Crippen molar-refractivity contribution < 1.29 is 14.2 Å². The Morgan fingerprint density at radius 3 is 2.50 bits per heavy atom. The summed E-state index contributed by atoms with van der Waals surface area (Å²) in [6, 6.07) is 12.4. The molecule has 1 saturated heterocycles. The third-order valence-corrected chi connectivity index (χ3v) is 5.13. The molecule has 0 amide bonds. The molecule has 0 atom stereocenters. The highest BCUT2D eigenvalue weighted by molar-refractivity contribution is 9.10. The number of ether oxygens (including phenoxy) is 3. The zero-order chi connectivity index (χ0) is 18.4. The van der Waals surface area contributed by atoms with Crippen LogP contribution >= 0.6 is 15.9 Å². The highest BCUT2D eigenvalue weighted by Gasteiger charge is 2.15. The molecule has 0 saturated carbocycles. The average molecular weight is 421 g/mol. The van der Waals surface area contributed by atoms with Crippen LogP contribution in [0.3, 0.4) is 0 Å². The van der Waals surface area contributed by atoms with Crippen LogP contribution in [0.4, 0.5) is 11.4 Å². The van der Waals surface area contributed by atoms with Gasteiger partial charge in [-0.3, -0.25) is 0 Å². The number of anilines is 2. The Labute approximate surface area is 163 Å². The number of hydrogen-bond donors (Lipinski definition) is 1. The molecule has 0 radical (unpaired) electrons. The lowest BCUT2D eigenvalue weighted by atomic mass is 10.1. The molecule has 0 aliphatic carbocycles. The van der Waals surface area contributed by atoms with Crippen molar-refractivity contribution in [1.29, 1.82) is 0 Å². The molecule has 3 rings (SSSR count). The van der Waals surface area contributed by atoms with E-state index < -0.39 is 0 Å². The number of rotatable bonds is 7. The fraction of sp³-hybridized carbons (Fsp3) is 0.400. The summed E-state index contributed by atoms with van der Waals surface area (Å²) < 4.78 is 17.7. The minimum atomic E-state index is 0.591. The molecule has 6 heteroatoms. The number of benzene rings is 2. The minimum absolute atomic E-state index is 0.591. The molecular formula is C20H25BrN2O3. The third kappa shape index (κ3) is 4.43. The molecule has 2 aromatic rings. The van der Waals surface area contributed by atoms with Gasteiger partial charge in [0.2, 0.25) is 0 Å². The van der Waals surface area contributed by atoms with Crippen molar-refractivity contribution in [2.45, 2.75) is 13.5 Å². The second-order valence-corrected chi connectivity index (χ2v) is 6.84. The number of halogens is 1. The van der Waals surface area contributed by atoms with Gasteiger partial charge in [0.1, 0.15) is 0 Å². The quantitative estimate of drug-likeness (QED) is 0.722. The molecule has 1 heterocycles. The van der Waals surface area contributed by atoms with Crippen LogP contribution < -0.4 is 19.7 Å². The molecule has 0 spiro atoms. The Hall–Kier alpha value is -1.92. The van der Waals surface area contributed by atoms with E-state index in [4.69, 9.17) is 14.2 Å². The van der Waals surface area contributed by atoms with Crippen LogP contribution in [0.2, 0.25) is 0 Å². The standard InChI is InChI=1S/C20H25BrN2O3/c1-3-26-20-17(18(21)8-9-19(20)24-2)14-22-15-4-6-16(7-5-15)23-10-12-25-13-11-23/h4-9,22H,3,10-14H2,1-2H3. The molecule has 1 aliphatic rings. The molecule has 140 valence electrons. The zero-order valence-electron chi connectivity index (χ0n) is 15.3. The van der Waals surface area contributed by atoms with Crippen molar-refractivity contribution >= 4 is 27.3 Å². The van der Waals surface area contributed by atoms with Gasteiger partial charge in [0.05, 0.1) is 26.9 Å². The van der Waals surface area contributed by atoms with E-state index in [2.05, 4.69) is 50.4 Å². The Balaban J connectivity index is 1.70. The molecule has 0 unspecified atom stereocenters. The number of hydrogen-bond acceptors (Lipinski definition) is 5. The van der Waals surface area contributed by atoms with E-state index in [0.29, 0.717) is 13.2 Å². The predicted molar refractivity (Wildman–Crippen MR) is 109 cm³/mol. The van der Waals surface area contributed by atoms with Gasteiger partial charge >= 0.3 is 0 Å². The van der Waals surface area contributed by atoms with Crippen LogP contribution in [0.5, 0.6) is 11.5 Å². The van der Waals surface area contributed by atoms with Crippen LogP contribution in [0, 0.1) is 0 Å². The monoisotopic (exact) mass is 420 g/mol. The molecule has 0 bridgehead atoms. The molecule has 1 N–H and O–H groups in total. The van der Waals surface area contributed by atoms with Gasteiger partial charge in [-0.25, -0.2) is 0 Å². The lowest BCUT2D eigenvalue weighted by Gasteiger charge is -2.29. The number of nitrogens with one attached hydrogen (secondary N) is 1. The lowest BCUT2D eigenvalue weighted by Crippen LogP contribution is -2.36. The Bertz CT molecular complexity index is 716. The third-order valence-electron chi connectivity index (χ3n) is 4.39. The summed E-state index contributed by atoms with van der Waals surface area (Å²) >= 11 is 3.62. The first-order valence-corrected chi connectivity index (χ1v) is 9.67. The molecule has 1 aliphatic heterocycles. The topological polar surface area (TPSA) is 43.0 Å². The maximum Gasteiger partial charge on any atom is 0.167 e. The first kappa shape index (κ1) is 18.9. The SMILES string of the molecule is CCOc1c(OC)ccc(Br)c1CNc1ccc(N2CCOCC2)cc1. The number of methoxy groups -OCH3 is 1. The van der Waals surface area contributed by atoms with Crippen LogP contribution in [-0.4, -0.2) is 40.0 Å². The van der Waals surface area contributed by atoms with Crippen molar-refractivity contribution in [3.05, 3.63) is 46.4 Å². The molecule has 2 aromatic carbocycles. The van der Waals surface area contributed by atoms with Gasteiger partial charge in [-0.15, -0.1) is 0 Å². The summed E-state index contributed by atoms with van der Waals surface area (Å²) in [7, 11) is 1.66. The van der Waals surface area contributed by atoms with Crippen molar-refractivity contribution in [2.24, 2.45) is 0 Å². The molecule has 26 heavy (non-hydrogen) atoms. The normalized spacial score (nSPS) is 14.2. The van der Waals surface area contributed by atoms with Crippen molar-refractivity contribution in [3.63, 3.8) is 0 Å². The van der Waals surface area contributed by atoms with Gasteiger partial charge in [0, 0.05) is 41.0 Å². The molecule has 0 aromatic heterocycles.